The van der Waals surface area contributed by atoms with Gasteiger partial charge in [0.25, 0.3) is 0 Å². The molecule has 0 unspecified atom stereocenters. The highest BCUT2D eigenvalue weighted by Crippen LogP contribution is 1.89. The van der Waals surface area contributed by atoms with Crippen LogP contribution in [0.5, 0.6) is 0 Å². The Labute approximate surface area is 95.8 Å². The van der Waals surface area contributed by atoms with Crippen molar-refractivity contribution in [1.82, 2.24) is 19.9 Å². The average molecular weight is 216 g/mol. The van der Waals surface area contributed by atoms with Gasteiger partial charge >= 0.3 is 0 Å². The van der Waals surface area contributed by atoms with Crippen LogP contribution in [-0.4, -0.2) is 19.9 Å². The monoisotopic (exact) mass is 216 g/mol. The van der Waals surface area contributed by atoms with Crippen LogP contribution in [0.4, 0.5) is 0 Å². The highest BCUT2D eigenvalue weighted by Gasteiger charge is 1.83. The molecule has 2 heterocycles. The summed E-state index contributed by atoms with van der Waals surface area (Å²) in [7, 11) is 0. The number of aryl methyl sites for hydroxylation is 2. The Morgan fingerprint density at radius 1 is 0.812 bits per heavy atom. The molecule has 0 aliphatic heterocycles. The van der Waals surface area contributed by atoms with Crippen molar-refractivity contribution in [1.29, 1.82) is 0 Å². The molecule has 0 aromatic carbocycles. The molecule has 4 nitrogen and oxygen atoms in total. The van der Waals surface area contributed by atoms with Gasteiger partial charge in [0.05, 0.1) is 0 Å². The third-order valence-corrected chi connectivity index (χ3v) is 2.01. The van der Waals surface area contributed by atoms with Gasteiger partial charge in [-0.3, -0.25) is 0 Å². The Morgan fingerprint density at radius 2 is 1.25 bits per heavy atom. The molecule has 2 rings (SSSR count). The van der Waals surface area contributed by atoms with E-state index < -0.39 is 0 Å². The molecule has 0 atom stereocenters. The molecule has 0 aliphatic carbocycles. The minimum absolute atomic E-state index is 0.989. The Balaban J connectivity index is 0.000000160. The zero-order valence-corrected chi connectivity index (χ0v) is 9.67. The molecule has 0 aliphatic rings. The first-order valence-electron chi connectivity index (χ1n) is 5.36. The van der Waals surface area contributed by atoms with E-state index in [0.29, 0.717) is 0 Å². The second-order valence-corrected chi connectivity index (χ2v) is 3.11. The Bertz CT molecular complexity index is 335. The second kappa shape index (κ2) is 7.45. The SMILES string of the molecule is CCc1ccncn1.CCc1ccncn1. The summed E-state index contributed by atoms with van der Waals surface area (Å²) < 4.78 is 0. The van der Waals surface area contributed by atoms with E-state index in [1.54, 1.807) is 25.0 Å². The molecule has 0 amide bonds. The van der Waals surface area contributed by atoms with Crippen molar-refractivity contribution in [3.8, 4) is 0 Å². The molecule has 0 saturated carbocycles. The van der Waals surface area contributed by atoms with Crippen LogP contribution in [0.1, 0.15) is 25.2 Å². The fraction of sp³-hybridized carbons (Fsp3) is 0.333. The molecule has 84 valence electrons. The van der Waals surface area contributed by atoms with Crippen LogP contribution in [0.3, 0.4) is 0 Å². The average Bonchev–Trinajstić information content (AvgIpc) is 2.41. The predicted octanol–water partition coefficient (Wildman–Crippen LogP) is 2.08. The third-order valence-electron chi connectivity index (χ3n) is 2.01. The maximum atomic E-state index is 3.99. The summed E-state index contributed by atoms with van der Waals surface area (Å²) in [6.45, 7) is 4.14. The molecule has 16 heavy (non-hydrogen) atoms. The van der Waals surface area contributed by atoms with Gasteiger partial charge in [-0.25, -0.2) is 19.9 Å². The van der Waals surface area contributed by atoms with Crippen molar-refractivity contribution in [2.45, 2.75) is 26.7 Å². The van der Waals surface area contributed by atoms with E-state index in [1.807, 2.05) is 12.1 Å². The number of rotatable bonds is 2. The van der Waals surface area contributed by atoms with Gasteiger partial charge in [-0.05, 0) is 25.0 Å². The normalized spacial score (nSPS) is 9.12. The van der Waals surface area contributed by atoms with Crippen molar-refractivity contribution < 1.29 is 0 Å². The summed E-state index contributed by atoms with van der Waals surface area (Å²) in [5, 5.41) is 0. The first-order valence-corrected chi connectivity index (χ1v) is 5.36. The second-order valence-electron chi connectivity index (χ2n) is 3.11. The number of aromatic nitrogens is 4. The fourth-order valence-electron chi connectivity index (χ4n) is 1.05. The summed E-state index contributed by atoms with van der Waals surface area (Å²) in [6, 6.07) is 3.83. The quantitative estimate of drug-likeness (QED) is 0.771. The van der Waals surface area contributed by atoms with Gasteiger partial charge in [0.1, 0.15) is 12.7 Å². The Morgan fingerprint density at radius 3 is 1.44 bits per heavy atom. The van der Waals surface area contributed by atoms with Gasteiger partial charge in [0.2, 0.25) is 0 Å². The molecule has 0 saturated heterocycles. The predicted molar refractivity (Wildman–Crippen MR) is 62.8 cm³/mol. The standard InChI is InChI=1S/2C6H8N2/c2*1-2-6-3-4-7-5-8-6/h2*3-5H,2H2,1H3. The molecular weight excluding hydrogens is 200 g/mol. The molecule has 0 bridgehead atoms. The lowest BCUT2D eigenvalue weighted by Gasteiger charge is -1.88. The lowest BCUT2D eigenvalue weighted by molar-refractivity contribution is 0.998. The fourth-order valence-corrected chi connectivity index (χ4v) is 1.05. The zero-order valence-electron chi connectivity index (χ0n) is 9.67. The lowest BCUT2D eigenvalue weighted by Crippen LogP contribution is -1.84. The van der Waals surface area contributed by atoms with Crippen LogP contribution in [0.25, 0.3) is 0 Å². The van der Waals surface area contributed by atoms with Gasteiger partial charge in [0, 0.05) is 23.8 Å². The van der Waals surface area contributed by atoms with Crippen LogP contribution in [0.15, 0.2) is 37.2 Å². The van der Waals surface area contributed by atoms with Crippen LogP contribution in [0.2, 0.25) is 0 Å². The molecule has 0 spiro atoms. The zero-order chi connectivity index (χ0) is 11.6. The first kappa shape index (κ1) is 12.2. The third kappa shape index (κ3) is 4.59. The molecule has 2 aromatic rings. The van der Waals surface area contributed by atoms with Crippen LogP contribution >= 0.6 is 0 Å². The van der Waals surface area contributed by atoms with Gasteiger partial charge in [-0.1, -0.05) is 13.8 Å². The molecule has 0 fully saturated rings. The van der Waals surface area contributed by atoms with E-state index in [2.05, 4.69) is 33.8 Å². The molecule has 2 aromatic heterocycles. The van der Waals surface area contributed by atoms with E-state index in [0.717, 1.165) is 24.2 Å². The number of hydrogen-bond acceptors (Lipinski definition) is 4. The lowest BCUT2D eigenvalue weighted by atomic mass is 10.3. The van der Waals surface area contributed by atoms with E-state index in [4.69, 9.17) is 0 Å². The maximum absolute atomic E-state index is 3.99. The first-order chi connectivity index (χ1) is 7.86. The molecule has 0 radical (unpaired) electrons. The maximum Gasteiger partial charge on any atom is 0.115 e. The summed E-state index contributed by atoms with van der Waals surface area (Å²) in [5.74, 6) is 0. The van der Waals surface area contributed by atoms with Crippen LogP contribution in [0, 0.1) is 0 Å². The highest BCUT2D eigenvalue weighted by atomic mass is 14.8. The van der Waals surface area contributed by atoms with Crippen LogP contribution in [-0.2, 0) is 12.8 Å². The smallest absolute Gasteiger partial charge is 0.115 e. The summed E-state index contributed by atoms with van der Waals surface area (Å²) in [6.07, 6.45) is 8.63. The van der Waals surface area contributed by atoms with Crippen molar-refractivity contribution in [3.63, 3.8) is 0 Å². The summed E-state index contributed by atoms with van der Waals surface area (Å²) in [4.78, 5) is 15.5. The van der Waals surface area contributed by atoms with Gasteiger partial charge < -0.3 is 0 Å². The largest absolute Gasteiger partial charge is 0.245 e. The Kier molecular flexibility index (Phi) is 5.70. The van der Waals surface area contributed by atoms with Crippen molar-refractivity contribution in [2.75, 3.05) is 0 Å². The molecule has 4 heteroatoms. The van der Waals surface area contributed by atoms with Gasteiger partial charge in [0.15, 0.2) is 0 Å². The summed E-state index contributed by atoms with van der Waals surface area (Å²) >= 11 is 0. The molecular formula is C12H16N4. The highest BCUT2D eigenvalue weighted by molar-refractivity contribution is 4.96. The van der Waals surface area contributed by atoms with E-state index in [-0.39, 0.29) is 0 Å². The van der Waals surface area contributed by atoms with Gasteiger partial charge in [-0.2, -0.15) is 0 Å². The Hall–Kier alpha value is -1.84. The number of hydrogen-bond donors (Lipinski definition) is 0. The molecule has 0 N–H and O–H groups in total. The number of nitrogens with zero attached hydrogens (tertiary/aromatic N) is 4. The van der Waals surface area contributed by atoms with Gasteiger partial charge in [-0.15, -0.1) is 0 Å². The van der Waals surface area contributed by atoms with Crippen molar-refractivity contribution in [2.24, 2.45) is 0 Å². The van der Waals surface area contributed by atoms with E-state index >= 15 is 0 Å². The van der Waals surface area contributed by atoms with Crippen molar-refractivity contribution in [3.05, 3.63) is 48.6 Å². The minimum atomic E-state index is 0.989. The van der Waals surface area contributed by atoms with E-state index in [1.165, 1.54) is 0 Å². The summed E-state index contributed by atoms with van der Waals surface area (Å²) in [5.41, 5.74) is 2.19. The topological polar surface area (TPSA) is 51.6 Å². The minimum Gasteiger partial charge on any atom is -0.245 e. The van der Waals surface area contributed by atoms with E-state index in [9.17, 15) is 0 Å². The van der Waals surface area contributed by atoms with Crippen LogP contribution < -0.4 is 0 Å². The van der Waals surface area contributed by atoms with Crippen molar-refractivity contribution >= 4 is 0 Å².